The summed E-state index contributed by atoms with van der Waals surface area (Å²) >= 11 is 0. The van der Waals surface area contributed by atoms with Crippen molar-refractivity contribution in [1.82, 2.24) is 10.6 Å². The van der Waals surface area contributed by atoms with E-state index >= 15 is 0 Å². The van der Waals surface area contributed by atoms with Crippen LogP contribution in [0.1, 0.15) is 44.9 Å². The van der Waals surface area contributed by atoms with Crippen molar-refractivity contribution in [2.24, 2.45) is 0 Å². The minimum absolute atomic E-state index is 0.0637. The van der Waals surface area contributed by atoms with Gasteiger partial charge in [0.05, 0.1) is 18.2 Å². The Labute approximate surface area is 121 Å². The molecule has 2 N–H and O–H groups in total. The van der Waals surface area contributed by atoms with Crippen molar-refractivity contribution in [2.45, 2.75) is 56.6 Å². The lowest BCUT2D eigenvalue weighted by Crippen LogP contribution is -2.53. The molecule has 2 fully saturated rings. The molecule has 2 saturated heterocycles. The molecule has 116 valence electrons. The molecule has 2 rings (SSSR count). The van der Waals surface area contributed by atoms with Crippen LogP contribution in [-0.2, 0) is 14.3 Å². The third-order valence-corrected chi connectivity index (χ3v) is 4.34. The summed E-state index contributed by atoms with van der Waals surface area (Å²) in [5.74, 6) is 0.128. The normalized spacial score (nSPS) is 30.4. The molecule has 2 unspecified atom stereocenters. The molecule has 0 radical (unpaired) electrons. The molecule has 0 aromatic rings. The van der Waals surface area contributed by atoms with Gasteiger partial charge in [0.15, 0.2) is 0 Å². The third kappa shape index (κ3) is 4.72. The standard InChI is InChI=1S/C15H28N2O3/c1-19-12-15(8-4-9-17-15)11-16-14(18)7-6-13-5-2-3-10-20-13/h13,17H,2-12H2,1H3,(H,16,18). The summed E-state index contributed by atoms with van der Waals surface area (Å²) in [6.45, 7) is 3.17. The summed E-state index contributed by atoms with van der Waals surface area (Å²) in [6.07, 6.45) is 7.39. The number of methoxy groups -OCH3 is 1. The molecule has 5 heteroatoms. The van der Waals surface area contributed by atoms with Gasteiger partial charge in [0.25, 0.3) is 0 Å². The van der Waals surface area contributed by atoms with E-state index in [0.717, 1.165) is 45.3 Å². The van der Waals surface area contributed by atoms with Crippen LogP contribution in [0, 0.1) is 0 Å². The number of hydrogen-bond acceptors (Lipinski definition) is 4. The van der Waals surface area contributed by atoms with Crippen LogP contribution >= 0.6 is 0 Å². The van der Waals surface area contributed by atoms with Gasteiger partial charge < -0.3 is 20.1 Å². The lowest BCUT2D eigenvalue weighted by molar-refractivity contribution is -0.122. The molecule has 0 aliphatic carbocycles. The summed E-state index contributed by atoms with van der Waals surface area (Å²) in [5.41, 5.74) is -0.0637. The minimum atomic E-state index is -0.0637. The van der Waals surface area contributed by atoms with Gasteiger partial charge in [-0.3, -0.25) is 4.79 Å². The first kappa shape index (κ1) is 15.7. The van der Waals surface area contributed by atoms with Crippen molar-refractivity contribution in [1.29, 1.82) is 0 Å². The first-order valence-electron chi connectivity index (χ1n) is 7.86. The van der Waals surface area contributed by atoms with Crippen LogP contribution in [0.2, 0.25) is 0 Å². The maximum atomic E-state index is 12.0. The molecule has 0 bridgehead atoms. The predicted octanol–water partition coefficient (Wildman–Crippen LogP) is 1.22. The summed E-state index contributed by atoms with van der Waals surface area (Å²) < 4.78 is 10.9. The molecule has 2 atom stereocenters. The van der Waals surface area contributed by atoms with E-state index in [9.17, 15) is 4.79 Å². The number of amides is 1. The lowest BCUT2D eigenvalue weighted by Gasteiger charge is -2.29. The number of ether oxygens (including phenoxy) is 2. The second-order valence-corrected chi connectivity index (χ2v) is 6.05. The molecule has 0 aromatic heterocycles. The Bertz CT molecular complexity index is 297. The Morgan fingerprint density at radius 3 is 3.00 bits per heavy atom. The molecule has 0 aromatic carbocycles. The van der Waals surface area contributed by atoms with Gasteiger partial charge in [0, 0.05) is 26.7 Å². The summed E-state index contributed by atoms with van der Waals surface area (Å²) in [4.78, 5) is 12.0. The smallest absolute Gasteiger partial charge is 0.220 e. The highest BCUT2D eigenvalue weighted by molar-refractivity contribution is 5.76. The SMILES string of the molecule is COCC1(CNC(=O)CCC2CCCCO2)CCCN1. The van der Waals surface area contributed by atoms with Crippen molar-refractivity contribution in [3.05, 3.63) is 0 Å². The Balaban J connectivity index is 1.65. The van der Waals surface area contributed by atoms with Gasteiger partial charge >= 0.3 is 0 Å². The number of carbonyl (C=O) groups is 1. The molecule has 1 amide bonds. The average Bonchev–Trinajstić information content (AvgIpc) is 2.93. The number of carbonyl (C=O) groups excluding carboxylic acids is 1. The largest absolute Gasteiger partial charge is 0.383 e. The second kappa shape index (κ2) is 7.96. The van der Waals surface area contributed by atoms with E-state index in [2.05, 4.69) is 10.6 Å². The molecule has 0 saturated carbocycles. The van der Waals surface area contributed by atoms with Crippen molar-refractivity contribution in [3.8, 4) is 0 Å². The molecular weight excluding hydrogens is 256 g/mol. The second-order valence-electron chi connectivity index (χ2n) is 6.05. The quantitative estimate of drug-likeness (QED) is 0.738. The van der Waals surface area contributed by atoms with Gasteiger partial charge in [-0.25, -0.2) is 0 Å². The third-order valence-electron chi connectivity index (χ3n) is 4.34. The van der Waals surface area contributed by atoms with Gasteiger partial charge in [-0.2, -0.15) is 0 Å². The summed E-state index contributed by atoms with van der Waals surface area (Å²) in [6, 6.07) is 0. The Morgan fingerprint density at radius 1 is 1.45 bits per heavy atom. The predicted molar refractivity (Wildman–Crippen MR) is 77.7 cm³/mol. The van der Waals surface area contributed by atoms with Crippen molar-refractivity contribution >= 4 is 5.91 Å². The van der Waals surface area contributed by atoms with E-state index in [1.165, 1.54) is 6.42 Å². The zero-order valence-corrected chi connectivity index (χ0v) is 12.6. The number of hydrogen-bond donors (Lipinski definition) is 2. The molecule has 2 aliphatic heterocycles. The van der Waals surface area contributed by atoms with Gasteiger partial charge in [0.1, 0.15) is 0 Å². The van der Waals surface area contributed by atoms with E-state index in [-0.39, 0.29) is 17.6 Å². The summed E-state index contributed by atoms with van der Waals surface area (Å²) in [5, 5.41) is 6.52. The molecular formula is C15H28N2O3. The first-order valence-corrected chi connectivity index (χ1v) is 7.86. The maximum Gasteiger partial charge on any atom is 0.220 e. The Morgan fingerprint density at radius 2 is 2.35 bits per heavy atom. The maximum absolute atomic E-state index is 12.0. The van der Waals surface area contributed by atoms with Crippen LogP contribution < -0.4 is 10.6 Å². The first-order chi connectivity index (χ1) is 9.74. The summed E-state index contributed by atoms with van der Waals surface area (Å²) in [7, 11) is 1.71. The fourth-order valence-corrected chi connectivity index (χ4v) is 3.15. The van der Waals surface area contributed by atoms with E-state index < -0.39 is 0 Å². The van der Waals surface area contributed by atoms with Crippen molar-refractivity contribution in [3.63, 3.8) is 0 Å². The number of rotatable bonds is 7. The van der Waals surface area contributed by atoms with Crippen LogP contribution in [0.25, 0.3) is 0 Å². The van der Waals surface area contributed by atoms with Crippen LogP contribution in [-0.4, -0.2) is 51.0 Å². The highest BCUT2D eigenvalue weighted by atomic mass is 16.5. The topological polar surface area (TPSA) is 59.6 Å². The fourth-order valence-electron chi connectivity index (χ4n) is 3.15. The Hall–Kier alpha value is -0.650. The molecule has 0 spiro atoms. The van der Waals surface area contributed by atoms with E-state index in [1.54, 1.807) is 7.11 Å². The van der Waals surface area contributed by atoms with Gasteiger partial charge in [0.2, 0.25) is 5.91 Å². The zero-order valence-electron chi connectivity index (χ0n) is 12.6. The Kier molecular flexibility index (Phi) is 6.26. The van der Waals surface area contributed by atoms with Crippen LogP contribution in [0.4, 0.5) is 0 Å². The average molecular weight is 284 g/mol. The molecule has 2 aliphatic rings. The van der Waals surface area contributed by atoms with Crippen LogP contribution in [0.15, 0.2) is 0 Å². The van der Waals surface area contributed by atoms with Gasteiger partial charge in [-0.15, -0.1) is 0 Å². The van der Waals surface area contributed by atoms with Gasteiger partial charge in [-0.05, 0) is 45.1 Å². The fraction of sp³-hybridized carbons (Fsp3) is 0.933. The van der Waals surface area contributed by atoms with Crippen molar-refractivity contribution in [2.75, 3.05) is 33.4 Å². The minimum Gasteiger partial charge on any atom is -0.383 e. The van der Waals surface area contributed by atoms with E-state index in [0.29, 0.717) is 19.6 Å². The van der Waals surface area contributed by atoms with E-state index in [1.807, 2.05) is 0 Å². The molecule has 20 heavy (non-hydrogen) atoms. The monoisotopic (exact) mass is 284 g/mol. The highest BCUT2D eigenvalue weighted by Crippen LogP contribution is 2.19. The molecule has 5 nitrogen and oxygen atoms in total. The molecule has 2 heterocycles. The van der Waals surface area contributed by atoms with Crippen LogP contribution in [0.5, 0.6) is 0 Å². The lowest BCUT2D eigenvalue weighted by atomic mass is 9.98. The van der Waals surface area contributed by atoms with E-state index in [4.69, 9.17) is 9.47 Å². The number of nitrogens with one attached hydrogen (secondary N) is 2. The van der Waals surface area contributed by atoms with Gasteiger partial charge in [-0.1, -0.05) is 0 Å². The van der Waals surface area contributed by atoms with Crippen molar-refractivity contribution < 1.29 is 14.3 Å². The highest BCUT2D eigenvalue weighted by Gasteiger charge is 2.33. The van der Waals surface area contributed by atoms with Crippen LogP contribution in [0.3, 0.4) is 0 Å². The zero-order chi connectivity index (χ0) is 14.3.